The van der Waals surface area contributed by atoms with Gasteiger partial charge in [0.25, 0.3) is 10.0 Å². The number of rotatable bonds is 7. The molecule has 3 aromatic rings. The van der Waals surface area contributed by atoms with Crippen LogP contribution in [0.3, 0.4) is 0 Å². The van der Waals surface area contributed by atoms with Crippen LogP contribution in [0.4, 0.5) is 11.8 Å². The summed E-state index contributed by atoms with van der Waals surface area (Å²) in [6.07, 6.45) is 1.94. The molecule has 0 bridgehead atoms. The van der Waals surface area contributed by atoms with Crippen molar-refractivity contribution in [3.05, 3.63) is 76.4 Å². The Kier molecular flexibility index (Phi) is 6.26. The number of ketones is 1. The molecular weight excluding hydrogens is 448 g/mol. The first-order valence-electron chi connectivity index (χ1n) is 10.5. The zero-order valence-corrected chi connectivity index (χ0v) is 19.5. The molecule has 9 heteroatoms. The van der Waals surface area contributed by atoms with E-state index in [9.17, 15) is 13.2 Å². The number of hydrogen-bond acceptors (Lipinski definition) is 5. The molecule has 1 aliphatic rings. The Morgan fingerprint density at radius 3 is 2.44 bits per heavy atom. The molecule has 1 aliphatic heterocycles. The summed E-state index contributed by atoms with van der Waals surface area (Å²) >= 11 is 6.00. The number of aromatic nitrogens is 2. The molecule has 0 fully saturated rings. The molecule has 0 radical (unpaired) electrons. The molecule has 2 heterocycles. The Morgan fingerprint density at radius 1 is 1.09 bits per heavy atom. The van der Waals surface area contributed by atoms with Gasteiger partial charge in [-0.3, -0.25) is 4.79 Å². The fourth-order valence-electron chi connectivity index (χ4n) is 3.85. The van der Waals surface area contributed by atoms with Gasteiger partial charge in [0.1, 0.15) is 5.69 Å². The minimum Gasteiger partial charge on any atom is -0.356 e. The van der Waals surface area contributed by atoms with E-state index in [0.29, 0.717) is 23.1 Å². The highest BCUT2D eigenvalue weighted by molar-refractivity contribution is 7.93. The summed E-state index contributed by atoms with van der Waals surface area (Å²) in [6, 6.07) is 15.6. The van der Waals surface area contributed by atoms with Crippen LogP contribution in [-0.4, -0.2) is 30.3 Å². The van der Waals surface area contributed by atoms with Gasteiger partial charge in [-0.15, -0.1) is 0 Å². The van der Waals surface area contributed by atoms with Crippen molar-refractivity contribution in [2.24, 2.45) is 7.05 Å². The number of sulfonamides is 1. The number of fused-ring (bicyclic) bond motifs is 1. The van der Waals surface area contributed by atoms with Crippen molar-refractivity contribution in [3.8, 4) is 0 Å². The first-order chi connectivity index (χ1) is 15.3. The van der Waals surface area contributed by atoms with E-state index >= 15 is 0 Å². The molecule has 0 saturated heterocycles. The summed E-state index contributed by atoms with van der Waals surface area (Å²) in [6.45, 7) is 2.85. The van der Waals surface area contributed by atoms with Gasteiger partial charge in [-0.25, -0.2) is 12.7 Å². The van der Waals surface area contributed by atoms with Gasteiger partial charge in [0, 0.05) is 18.6 Å². The van der Waals surface area contributed by atoms with Gasteiger partial charge in [-0.05, 0) is 29.7 Å². The fraction of sp³-hybridized carbons (Fsp3) is 0.304. The second-order valence-electron chi connectivity index (χ2n) is 7.78. The van der Waals surface area contributed by atoms with Crippen LogP contribution in [0.15, 0.2) is 54.6 Å². The molecule has 0 saturated carbocycles. The highest BCUT2D eigenvalue weighted by Crippen LogP contribution is 2.42. The maximum atomic E-state index is 13.8. The maximum absolute atomic E-state index is 13.8. The molecule has 1 N–H and O–H groups in total. The number of nitrogens with one attached hydrogen (secondary N) is 1. The van der Waals surface area contributed by atoms with Crippen molar-refractivity contribution in [2.75, 3.05) is 16.2 Å². The van der Waals surface area contributed by atoms with Crippen LogP contribution >= 0.6 is 11.6 Å². The van der Waals surface area contributed by atoms with Crippen LogP contribution < -0.4 is 9.62 Å². The lowest BCUT2D eigenvalue weighted by atomic mass is 10.1. The van der Waals surface area contributed by atoms with E-state index in [1.807, 2.05) is 30.3 Å². The minimum atomic E-state index is -4.08. The third-order valence-corrected chi connectivity index (χ3v) is 7.80. The van der Waals surface area contributed by atoms with Gasteiger partial charge in [0.05, 0.1) is 6.54 Å². The number of halogens is 1. The van der Waals surface area contributed by atoms with E-state index in [4.69, 9.17) is 11.6 Å². The standard InChI is InChI=1S/C23H25ClN4O3S/c1-3-4-14-25-23-26-22-19(27(23)2)20(29)21(17-10-12-18(24)13-11-17)32(30,31)28(22)15-16-8-6-5-7-9-16/h5-13,21H,3-4,14-15H2,1-2H3,(H,25,26). The monoisotopic (exact) mass is 472 g/mol. The zero-order chi connectivity index (χ0) is 22.9. The van der Waals surface area contributed by atoms with Crippen molar-refractivity contribution in [1.82, 2.24) is 9.55 Å². The lowest BCUT2D eigenvalue weighted by Crippen LogP contribution is -2.43. The van der Waals surface area contributed by atoms with Crippen LogP contribution in [-0.2, 0) is 23.6 Å². The van der Waals surface area contributed by atoms with Gasteiger partial charge in [0.2, 0.25) is 11.7 Å². The number of nitrogens with zero attached hydrogens (tertiary/aromatic N) is 3. The Bertz CT molecular complexity index is 1220. The second-order valence-corrected chi connectivity index (χ2v) is 10.2. The molecule has 0 spiro atoms. The van der Waals surface area contributed by atoms with E-state index in [-0.39, 0.29) is 18.1 Å². The predicted octanol–water partition coefficient (Wildman–Crippen LogP) is 4.56. The van der Waals surface area contributed by atoms with Gasteiger partial charge in [-0.1, -0.05) is 67.4 Å². The first kappa shape index (κ1) is 22.4. The van der Waals surface area contributed by atoms with Crippen molar-refractivity contribution < 1.29 is 13.2 Å². The van der Waals surface area contributed by atoms with Crippen LogP contribution in [0.1, 0.15) is 46.6 Å². The second kappa shape index (κ2) is 8.96. The minimum absolute atomic E-state index is 0.0823. The fourth-order valence-corrected chi connectivity index (χ4v) is 5.81. The molecule has 1 unspecified atom stereocenters. The molecule has 32 heavy (non-hydrogen) atoms. The third kappa shape index (κ3) is 4.00. The van der Waals surface area contributed by atoms with Crippen LogP contribution in [0.25, 0.3) is 0 Å². The van der Waals surface area contributed by atoms with E-state index in [2.05, 4.69) is 17.2 Å². The molecule has 7 nitrogen and oxygen atoms in total. The Balaban J connectivity index is 1.86. The summed E-state index contributed by atoms with van der Waals surface area (Å²) < 4.78 is 30.4. The van der Waals surface area contributed by atoms with Crippen LogP contribution in [0.2, 0.25) is 5.02 Å². The predicted molar refractivity (Wildman–Crippen MR) is 127 cm³/mol. The summed E-state index contributed by atoms with van der Waals surface area (Å²) in [4.78, 5) is 18.1. The smallest absolute Gasteiger partial charge is 0.251 e. The number of benzene rings is 2. The zero-order valence-electron chi connectivity index (χ0n) is 18.0. The lowest BCUT2D eigenvalue weighted by Gasteiger charge is -2.32. The number of carbonyl (C=O) groups excluding carboxylic acids is 1. The van der Waals surface area contributed by atoms with Gasteiger partial charge >= 0.3 is 0 Å². The average Bonchev–Trinajstić information content (AvgIpc) is 3.09. The number of carbonyl (C=O) groups is 1. The Hall–Kier alpha value is -2.84. The maximum Gasteiger partial charge on any atom is 0.251 e. The molecule has 0 amide bonds. The number of imidazole rings is 1. The lowest BCUT2D eigenvalue weighted by molar-refractivity contribution is 0.0977. The molecule has 2 aromatic carbocycles. The quantitative estimate of drug-likeness (QED) is 0.509. The topological polar surface area (TPSA) is 84.3 Å². The van der Waals surface area contributed by atoms with Crippen molar-refractivity contribution >= 4 is 39.2 Å². The van der Waals surface area contributed by atoms with Crippen molar-refractivity contribution in [1.29, 1.82) is 0 Å². The van der Waals surface area contributed by atoms with E-state index in [1.165, 1.54) is 4.31 Å². The summed E-state index contributed by atoms with van der Waals surface area (Å²) in [5.41, 5.74) is 1.46. The summed E-state index contributed by atoms with van der Waals surface area (Å²) in [5, 5.41) is 2.33. The first-order valence-corrected chi connectivity index (χ1v) is 12.4. The molecule has 0 aliphatic carbocycles. The Morgan fingerprint density at radius 2 is 1.78 bits per heavy atom. The molecule has 4 rings (SSSR count). The molecule has 1 atom stereocenters. The summed E-state index contributed by atoms with van der Waals surface area (Å²) in [5.74, 6) is 0.137. The number of Topliss-reactive ketones (excluding diaryl/α,β-unsaturated/α-hetero) is 1. The number of hydrogen-bond donors (Lipinski definition) is 1. The molecular formula is C23H25ClN4O3S. The van der Waals surface area contributed by atoms with E-state index in [0.717, 1.165) is 18.4 Å². The van der Waals surface area contributed by atoms with Gasteiger partial charge < -0.3 is 9.88 Å². The highest BCUT2D eigenvalue weighted by atomic mass is 35.5. The van der Waals surface area contributed by atoms with E-state index in [1.54, 1.807) is 35.9 Å². The number of anilines is 2. The van der Waals surface area contributed by atoms with Gasteiger partial charge in [0.15, 0.2) is 11.1 Å². The molecule has 1 aromatic heterocycles. The summed E-state index contributed by atoms with van der Waals surface area (Å²) in [7, 11) is -2.35. The average molecular weight is 473 g/mol. The SMILES string of the molecule is CCCCNc1nc2c(n1C)C(=O)C(c1ccc(Cl)cc1)S(=O)(=O)N2Cc1ccccc1. The van der Waals surface area contributed by atoms with Crippen molar-refractivity contribution in [2.45, 2.75) is 31.6 Å². The Labute approximate surface area is 193 Å². The number of unbranched alkanes of at least 4 members (excludes halogenated alkanes) is 1. The van der Waals surface area contributed by atoms with Crippen LogP contribution in [0, 0.1) is 0 Å². The van der Waals surface area contributed by atoms with Gasteiger partial charge in [-0.2, -0.15) is 4.98 Å². The largest absolute Gasteiger partial charge is 0.356 e. The van der Waals surface area contributed by atoms with Crippen LogP contribution in [0.5, 0.6) is 0 Å². The highest BCUT2D eigenvalue weighted by Gasteiger charge is 2.48. The van der Waals surface area contributed by atoms with E-state index < -0.39 is 21.1 Å². The third-order valence-electron chi connectivity index (χ3n) is 5.54. The molecule has 168 valence electrons. The van der Waals surface area contributed by atoms with Crippen molar-refractivity contribution in [3.63, 3.8) is 0 Å². The normalized spacial score (nSPS) is 17.3.